The lowest BCUT2D eigenvalue weighted by Gasteiger charge is -2.43. The number of carbonyl (C=O) groups is 1. The predicted octanol–water partition coefficient (Wildman–Crippen LogP) is 4.91. The molecule has 8 nitrogen and oxygen atoms in total. The molecular formula is C34H43N3O5. The van der Waals surface area contributed by atoms with Crippen LogP contribution in [0.2, 0.25) is 0 Å². The van der Waals surface area contributed by atoms with Crippen molar-refractivity contribution < 1.29 is 24.5 Å². The van der Waals surface area contributed by atoms with Gasteiger partial charge in [0, 0.05) is 37.2 Å². The summed E-state index contributed by atoms with van der Waals surface area (Å²) in [4.78, 5) is 14.3. The highest BCUT2D eigenvalue weighted by Gasteiger charge is 2.40. The van der Waals surface area contributed by atoms with Crippen molar-refractivity contribution in [3.63, 3.8) is 0 Å². The molecule has 8 heteroatoms. The summed E-state index contributed by atoms with van der Waals surface area (Å²) in [5, 5.41) is 25.1. The summed E-state index contributed by atoms with van der Waals surface area (Å²) in [6, 6.07) is 24.3. The van der Waals surface area contributed by atoms with Crippen molar-refractivity contribution in [2.75, 3.05) is 26.2 Å². The molecule has 0 bridgehead atoms. The maximum absolute atomic E-state index is 12.0. The van der Waals surface area contributed by atoms with E-state index in [9.17, 15) is 15.0 Å². The van der Waals surface area contributed by atoms with Crippen LogP contribution in [0.15, 0.2) is 72.8 Å². The molecule has 0 saturated carbocycles. The Morgan fingerprint density at radius 1 is 0.952 bits per heavy atom. The molecule has 2 aliphatic heterocycles. The highest BCUT2D eigenvalue weighted by atomic mass is 16.7. The topological polar surface area (TPSA) is 103 Å². The summed E-state index contributed by atoms with van der Waals surface area (Å²) in [5.41, 5.74) is 6.00. The molecule has 2 aliphatic rings. The molecule has 2 amide bonds. The second-order valence-electron chi connectivity index (χ2n) is 11.3. The second kappa shape index (κ2) is 14.3. The first-order valence-electron chi connectivity index (χ1n) is 15.1. The van der Waals surface area contributed by atoms with Crippen LogP contribution in [0.3, 0.4) is 0 Å². The number of aliphatic hydroxyl groups excluding tert-OH is 2. The summed E-state index contributed by atoms with van der Waals surface area (Å²) < 4.78 is 13.3. The van der Waals surface area contributed by atoms with E-state index in [4.69, 9.17) is 9.47 Å². The minimum Gasteiger partial charge on any atom is -0.395 e. The van der Waals surface area contributed by atoms with Crippen molar-refractivity contribution in [1.29, 1.82) is 0 Å². The van der Waals surface area contributed by atoms with Gasteiger partial charge in [-0.25, -0.2) is 4.79 Å². The van der Waals surface area contributed by atoms with E-state index in [1.807, 2.05) is 49.4 Å². The third kappa shape index (κ3) is 7.02. The number of nitrogens with one attached hydrogen (secondary N) is 2. The Labute approximate surface area is 248 Å². The normalized spacial score (nSPS) is 24.4. The zero-order valence-corrected chi connectivity index (χ0v) is 24.5. The molecule has 5 atom stereocenters. The number of carbonyl (C=O) groups excluding carboxylic acids is 1. The largest absolute Gasteiger partial charge is 0.395 e. The van der Waals surface area contributed by atoms with Gasteiger partial charge >= 0.3 is 6.03 Å². The predicted molar refractivity (Wildman–Crippen MR) is 162 cm³/mol. The number of amides is 2. The van der Waals surface area contributed by atoms with Crippen molar-refractivity contribution in [1.82, 2.24) is 15.5 Å². The lowest BCUT2D eigenvalue weighted by molar-refractivity contribution is -0.276. The molecule has 0 unspecified atom stereocenters. The minimum atomic E-state index is -0.549. The highest BCUT2D eigenvalue weighted by Crippen LogP contribution is 2.42. The first kappa shape index (κ1) is 30.2. The van der Waals surface area contributed by atoms with Crippen LogP contribution >= 0.6 is 0 Å². The number of ether oxygens (including phenoxy) is 2. The van der Waals surface area contributed by atoms with Gasteiger partial charge < -0.3 is 30.3 Å². The molecule has 0 aliphatic carbocycles. The van der Waals surface area contributed by atoms with Gasteiger partial charge in [0.2, 0.25) is 0 Å². The van der Waals surface area contributed by atoms with Gasteiger partial charge in [-0.3, -0.25) is 4.90 Å². The zero-order valence-electron chi connectivity index (χ0n) is 24.5. The maximum Gasteiger partial charge on any atom is 0.315 e. The monoisotopic (exact) mass is 573 g/mol. The molecule has 0 spiro atoms. The Kier molecular flexibility index (Phi) is 10.3. The van der Waals surface area contributed by atoms with Gasteiger partial charge in [-0.2, -0.15) is 0 Å². The van der Waals surface area contributed by atoms with E-state index < -0.39 is 6.29 Å². The van der Waals surface area contributed by atoms with E-state index in [0.717, 1.165) is 59.3 Å². The molecule has 2 saturated heterocycles. The number of rotatable bonds is 10. The van der Waals surface area contributed by atoms with Gasteiger partial charge in [0.05, 0.1) is 25.4 Å². The van der Waals surface area contributed by atoms with Gasteiger partial charge in [0.15, 0.2) is 6.29 Å². The van der Waals surface area contributed by atoms with Crippen molar-refractivity contribution in [2.24, 2.45) is 5.92 Å². The average molecular weight is 574 g/mol. The lowest BCUT2D eigenvalue weighted by Crippen LogP contribution is -2.46. The fraction of sp³-hybridized carbons (Fsp3) is 0.441. The third-order valence-corrected chi connectivity index (χ3v) is 8.54. The van der Waals surface area contributed by atoms with Crippen LogP contribution in [0.5, 0.6) is 0 Å². The van der Waals surface area contributed by atoms with Crippen LogP contribution in [0, 0.1) is 5.92 Å². The number of benzene rings is 3. The number of hydrogen-bond donors (Lipinski definition) is 4. The summed E-state index contributed by atoms with van der Waals surface area (Å²) in [7, 11) is 0. The fourth-order valence-corrected chi connectivity index (χ4v) is 6.08. The van der Waals surface area contributed by atoms with Crippen LogP contribution < -0.4 is 10.6 Å². The molecule has 0 aromatic heterocycles. The number of urea groups is 1. The minimum absolute atomic E-state index is 0.00467. The van der Waals surface area contributed by atoms with Crippen LogP contribution in [0.4, 0.5) is 4.79 Å². The highest BCUT2D eigenvalue weighted by molar-refractivity contribution is 5.74. The van der Waals surface area contributed by atoms with E-state index in [1.54, 1.807) is 0 Å². The number of hydrogen-bond acceptors (Lipinski definition) is 6. The Bertz CT molecular complexity index is 1300. The van der Waals surface area contributed by atoms with Crippen molar-refractivity contribution in [2.45, 2.75) is 64.4 Å². The van der Waals surface area contributed by atoms with E-state index in [1.165, 1.54) is 0 Å². The van der Waals surface area contributed by atoms with Crippen LogP contribution in [-0.4, -0.2) is 59.5 Å². The van der Waals surface area contributed by atoms with Crippen molar-refractivity contribution >= 4 is 6.03 Å². The fourth-order valence-electron chi connectivity index (χ4n) is 6.08. The summed E-state index contributed by atoms with van der Waals surface area (Å²) >= 11 is 0. The van der Waals surface area contributed by atoms with Gasteiger partial charge in [-0.05, 0) is 54.1 Å². The number of likely N-dealkylation sites (tertiary alicyclic amines) is 1. The molecule has 0 radical (unpaired) electrons. The Morgan fingerprint density at radius 3 is 2.40 bits per heavy atom. The Morgan fingerprint density at radius 2 is 1.69 bits per heavy atom. The van der Waals surface area contributed by atoms with Crippen molar-refractivity contribution in [3.8, 4) is 11.1 Å². The third-order valence-electron chi connectivity index (χ3n) is 8.54. The summed E-state index contributed by atoms with van der Waals surface area (Å²) in [6.45, 7) is 6.94. The quantitative estimate of drug-likeness (QED) is 0.275. The van der Waals surface area contributed by atoms with Crippen molar-refractivity contribution in [3.05, 3.63) is 95.1 Å². The maximum atomic E-state index is 12.0. The van der Waals surface area contributed by atoms with Crippen LogP contribution in [0.1, 0.15) is 61.3 Å². The molecule has 2 heterocycles. The average Bonchev–Trinajstić information content (AvgIpc) is 3.48. The Hall–Kier alpha value is -3.27. The molecule has 3 aromatic carbocycles. The van der Waals surface area contributed by atoms with E-state index in [-0.39, 0.29) is 43.4 Å². The molecular weight excluding hydrogens is 530 g/mol. The molecule has 5 rings (SSSR count). The van der Waals surface area contributed by atoms with Gasteiger partial charge in [-0.1, -0.05) is 79.7 Å². The van der Waals surface area contributed by atoms with E-state index >= 15 is 0 Å². The summed E-state index contributed by atoms with van der Waals surface area (Å²) in [6.07, 6.45) is 1.27. The second-order valence-corrected chi connectivity index (χ2v) is 11.3. The standard InChI is InChI=1S/C34H43N3O5/c1-3-35-34(40)36-19-28-7-4-5-9-30(28)25-14-16-27(17-15-25)33-41-31(20-37-18-6-8-29(37)22-39)23(2)32(42-33)26-12-10-24(21-38)11-13-26/h4-5,7,9-17,23,29,31-33,38-39H,3,6,8,18-22H2,1-2H3,(H2,35,36,40)/t23-,29-,31+,32+,33+/m0/s1. The molecule has 2 fully saturated rings. The van der Waals surface area contributed by atoms with E-state index in [2.05, 4.69) is 52.8 Å². The molecule has 4 N–H and O–H groups in total. The van der Waals surface area contributed by atoms with Crippen LogP contribution in [-0.2, 0) is 22.6 Å². The van der Waals surface area contributed by atoms with Crippen LogP contribution in [0.25, 0.3) is 11.1 Å². The SMILES string of the molecule is CCNC(=O)NCc1ccccc1-c1ccc([C@@H]2O[C@H](CN3CCC[C@H]3CO)[C@H](C)[C@H](c3ccc(CO)cc3)O2)cc1. The molecule has 42 heavy (non-hydrogen) atoms. The van der Waals surface area contributed by atoms with Gasteiger partial charge in [-0.15, -0.1) is 0 Å². The number of nitrogens with zero attached hydrogens (tertiary/aromatic N) is 1. The van der Waals surface area contributed by atoms with Gasteiger partial charge in [0.1, 0.15) is 0 Å². The molecule has 224 valence electrons. The lowest BCUT2D eigenvalue weighted by atomic mass is 9.89. The van der Waals surface area contributed by atoms with Gasteiger partial charge in [0.25, 0.3) is 0 Å². The van der Waals surface area contributed by atoms with E-state index in [0.29, 0.717) is 13.1 Å². The Balaban J connectivity index is 1.37. The smallest absolute Gasteiger partial charge is 0.315 e. The zero-order chi connectivity index (χ0) is 29.5. The molecule has 3 aromatic rings. The first-order chi connectivity index (χ1) is 20.5. The number of aliphatic hydroxyl groups is 2. The first-order valence-corrected chi connectivity index (χ1v) is 15.1. The summed E-state index contributed by atoms with van der Waals surface area (Å²) in [5.74, 6) is 0.0877.